The summed E-state index contributed by atoms with van der Waals surface area (Å²) in [6.45, 7) is 0.478. The maximum atomic E-state index is 12.9. The number of furan rings is 1. The van der Waals surface area contributed by atoms with Crippen LogP contribution in [0.15, 0.2) is 59.2 Å². The number of imide groups is 1. The van der Waals surface area contributed by atoms with E-state index >= 15 is 0 Å². The van der Waals surface area contributed by atoms with Gasteiger partial charge in [-0.2, -0.15) is 0 Å². The third-order valence-corrected chi connectivity index (χ3v) is 5.01. The van der Waals surface area contributed by atoms with Gasteiger partial charge in [-0.05, 0) is 48.0 Å². The molecular weight excluding hydrogens is 388 g/mol. The average Bonchev–Trinajstić information content (AvgIpc) is 3.49. The molecule has 0 radical (unpaired) electrons. The van der Waals surface area contributed by atoms with Gasteiger partial charge in [-0.25, -0.2) is 0 Å². The van der Waals surface area contributed by atoms with Gasteiger partial charge in [0.1, 0.15) is 5.76 Å². The number of ether oxygens (including phenoxy) is 2. The average molecular weight is 404 g/mol. The van der Waals surface area contributed by atoms with Gasteiger partial charge >= 0.3 is 0 Å². The van der Waals surface area contributed by atoms with Gasteiger partial charge in [0.15, 0.2) is 11.5 Å². The lowest BCUT2D eigenvalue weighted by Gasteiger charge is -2.14. The molecule has 2 aliphatic heterocycles. The predicted molar refractivity (Wildman–Crippen MR) is 103 cm³/mol. The van der Waals surface area contributed by atoms with Crippen molar-refractivity contribution in [2.24, 2.45) is 0 Å². The van der Waals surface area contributed by atoms with Crippen LogP contribution in [0.1, 0.15) is 42.4 Å². The van der Waals surface area contributed by atoms with E-state index in [0.717, 1.165) is 10.5 Å². The van der Waals surface area contributed by atoms with Gasteiger partial charge in [0.2, 0.25) is 6.79 Å². The molecule has 1 N–H and O–H groups in total. The Bertz CT molecular complexity index is 1170. The summed E-state index contributed by atoms with van der Waals surface area (Å²) < 4.78 is 15.8. The van der Waals surface area contributed by atoms with Gasteiger partial charge in [-0.1, -0.05) is 6.07 Å². The third kappa shape index (κ3) is 3.08. The molecule has 5 rings (SSSR count). The minimum atomic E-state index is -0.437. The van der Waals surface area contributed by atoms with E-state index in [4.69, 9.17) is 13.9 Å². The second kappa shape index (κ2) is 7.07. The maximum absolute atomic E-state index is 12.9. The van der Waals surface area contributed by atoms with Crippen LogP contribution in [0.2, 0.25) is 0 Å². The lowest BCUT2D eigenvalue weighted by atomic mass is 10.1. The number of carbonyl (C=O) groups excluding carboxylic acids is 3. The van der Waals surface area contributed by atoms with E-state index in [9.17, 15) is 14.4 Å². The van der Waals surface area contributed by atoms with Gasteiger partial charge in [0.05, 0.1) is 30.5 Å². The first-order valence-corrected chi connectivity index (χ1v) is 9.29. The monoisotopic (exact) mass is 404 g/mol. The molecule has 3 heterocycles. The second-order valence-corrected chi connectivity index (χ2v) is 6.91. The molecule has 0 spiro atoms. The SMILES string of the molecule is O=C(NCc1ccco1)c1ccc2c(c1)C(=O)N(Cc1ccc3c(c1)OCO3)C2=O. The topological polar surface area (TPSA) is 98.1 Å². The summed E-state index contributed by atoms with van der Waals surface area (Å²) in [5.74, 6) is 0.642. The Morgan fingerprint density at radius 2 is 1.80 bits per heavy atom. The Kier molecular flexibility index (Phi) is 4.24. The molecule has 30 heavy (non-hydrogen) atoms. The highest BCUT2D eigenvalue weighted by Gasteiger charge is 2.36. The van der Waals surface area contributed by atoms with Crippen LogP contribution in [0.3, 0.4) is 0 Å². The molecule has 8 nitrogen and oxygen atoms in total. The number of benzene rings is 2. The normalized spacial score (nSPS) is 14.2. The fourth-order valence-corrected chi connectivity index (χ4v) is 3.48. The summed E-state index contributed by atoms with van der Waals surface area (Å²) >= 11 is 0. The Morgan fingerprint density at radius 1 is 0.967 bits per heavy atom. The van der Waals surface area contributed by atoms with Crippen molar-refractivity contribution in [3.8, 4) is 11.5 Å². The minimum absolute atomic E-state index is 0.100. The molecule has 150 valence electrons. The summed E-state index contributed by atoms with van der Waals surface area (Å²) in [7, 11) is 0. The van der Waals surface area contributed by atoms with Crippen molar-refractivity contribution >= 4 is 17.7 Å². The van der Waals surface area contributed by atoms with Crippen LogP contribution in [0.5, 0.6) is 11.5 Å². The highest BCUT2D eigenvalue weighted by molar-refractivity contribution is 6.22. The zero-order valence-electron chi connectivity index (χ0n) is 15.7. The number of hydrogen-bond acceptors (Lipinski definition) is 6. The van der Waals surface area contributed by atoms with Crippen LogP contribution in [-0.2, 0) is 13.1 Å². The number of hydrogen-bond donors (Lipinski definition) is 1. The van der Waals surface area contributed by atoms with Crippen LogP contribution < -0.4 is 14.8 Å². The van der Waals surface area contributed by atoms with Crippen molar-refractivity contribution in [3.63, 3.8) is 0 Å². The predicted octanol–water partition coefficient (Wildman–Crippen LogP) is 2.73. The van der Waals surface area contributed by atoms with Crippen LogP contribution in [0, 0.1) is 0 Å². The first-order valence-electron chi connectivity index (χ1n) is 9.29. The van der Waals surface area contributed by atoms with Gasteiger partial charge in [0, 0.05) is 5.56 Å². The maximum Gasteiger partial charge on any atom is 0.261 e. The van der Waals surface area contributed by atoms with E-state index in [1.165, 1.54) is 24.5 Å². The molecule has 1 aromatic heterocycles. The smallest absolute Gasteiger partial charge is 0.261 e. The molecule has 0 aliphatic carbocycles. The minimum Gasteiger partial charge on any atom is -0.467 e. The van der Waals surface area contributed by atoms with Crippen molar-refractivity contribution in [2.45, 2.75) is 13.1 Å². The largest absolute Gasteiger partial charge is 0.467 e. The fraction of sp³-hybridized carbons (Fsp3) is 0.136. The number of rotatable bonds is 5. The number of nitrogens with one attached hydrogen (secondary N) is 1. The van der Waals surface area contributed by atoms with E-state index in [1.807, 2.05) is 0 Å². The molecule has 2 aliphatic rings. The van der Waals surface area contributed by atoms with Gasteiger partial charge in [-0.3, -0.25) is 19.3 Å². The highest BCUT2D eigenvalue weighted by Crippen LogP contribution is 2.34. The first-order chi connectivity index (χ1) is 14.6. The van der Waals surface area contributed by atoms with Gasteiger partial charge < -0.3 is 19.2 Å². The van der Waals surface area contributed by atoms with Gasteiger partial charge in [0.25, 0.3) is 17.7 Å². The Labute approximate surface area is 171 Å². The zero-order chi connectivity index (χ0) is 20.7. The van der Waals surface area contributed by atoms with Crippen molar-refractivity contribution in [2.75, 3.05) is 6.79 Å². The van der Waals surface area contributed by atoms with E-state index < -0.39 is 11.8 Å². The third-order valence-electron chi connectivity index (χ3n) is 5.01. The molecule has 3 aromatic rings. The van der Waals surface area contributed by atoms with Crippen LogP contribution >= 0.6 is 0 Å². The van der Waals surface area contributed by atoms with Crippen molar-refractivity contribution in [3.05, 3.63) is 82.8 Å². The Morgan fingerprint density at radius 3 is 2.63 bits per heavy atom. The first kappa shape index (κ1) is 18.0. The lowest BCUT2D eigenvalue weighted by Crippen LogP contribution is -2.29. The van der Waals surface area contributed by atoms with E-state index in [0.29, 0.717) is 22.8 Å². The number of amides is 3. The molecule has 0 fully saturated rings. The Balaban J connectivity index is 1.33. The summed E-state index contributed by atoms with van der Waals surface area (Å²) in [6.07, 6.45) is 1.52. The molecule has 8 heteroatoms. The molecule has 0 bridgehead atoms. The van der Waals surface area contributed by atoms with Crippen LogP contribution in [-0.4, -0.2) is 29.4 Å². The summed E-state index contributed by atoms with van der Waals surface area (Å²) in [4.78, 5) is 39.2. The second-order valence-electron chi connectivity index (χ2n) is 6.91. The summed E-state index contributed by atoms with van der Waals surface area (Å²) in [6, 6.07) is 13.3. The van der Waals surface area contributed by atoms with Crippen LogP contribution in [0.4, 0.5) is 0 Å². The summed E-state index contributed by atoms with van der Waals surface area (Å²) in [5.41, 5.74) is 1.53. The van der Waals surface area contributed by atoms with Crippen molar-refractivity contribution in [1.82, 2.24) is 10.2 Å². The standard InChI is InChI=1S/C22H16N2O6/c25-20(23-10-15-2-1-7-28-15)14-4-5-16-17(9-14)22(27)24(21(16)26)11-13-3-6-18-19(8-13)30-12-29-18/h1-9H,10-12H2,(H,23,25). The highest BCUT2D eigenvalue weighted by atomic mass is 16.7. The van der Waals surface area contributed by atoms with Crippen molar-refractivity contribution in [1.29, 1.82) is 0 Å². The molecule has 0 saturated heterocycles. The Hall–Kier alpha value is -4.07. The zero-order valence-corrected chi connectivity index (χ0v) is 15.7. The van der Waals surface area contributed by atoms with E-state index in [1.54, 1.807) is 30.3 Å². The fourth-order valence-electron chi connectivity index (χ4n) is 3.48. The molecule has 3 amide bonds. The quantitative estimate of drug-likeness (QED) is 0.657. The number of nitrogens with zero attached hydrogens (tertiary/aromatic N) is 1. The van der Waals surface area contributed by atoms with Crippen molar-refractivity contribution < 1.29 is 28.3 Å². The molecule has 0 unspecified atom stereocenters. The molecular formula is C22H16N2O6. The van der Waals surface area contributed by atoms with E-state index in [-0.39, 0.29) is 36.9 Å². The summed E-state index contributed by atoms with van der Waals surface area (Å²) in [5, 5.41) is 2.73. The molecule has 0 atom stereocenters. The van der Waals surface area contributed by atoms with Gasteiger partial charge in [-0.15, -0.1) is 0 Å². The molecule has 0 saturated carbocycles. The van der Waals surface area contributed by atoms with Crippen LogP contribution in [0.25, 0.3) is 0 Å². The number of carbonyl (C=O) groups is 3. The molecule has 2 aromatic carbocycles. The van der Waals surface area contributed by atoms with E-state index in [2.05, 4.69) is 5.32 Å². The lowest BCUT2D eigenvalue weighted by molar-refractivity contribution is 0.0642. The number of fused-ring (bicyclic) bond motifs is 2.